The molecular formula is C16H22N2O3. The van der Waals surface area contributed by atoms with Crippen molar-refractivity contribution in [2.45, 2.75) is 45.8 Å². The number of nitrogens with one attached hydrogen (secondary N) is 1. The number of fused-ring (bicyclic) bond motifs is 1. The van der Waals surface area contributed by atoms with Crippen LogP contribution in [0, 0.1) is 0 Å². The molecule has 1 amide bonds. The molecule has 1 aromatic carbocycles. The quantitative estimate of drug-likeness (QED) is 0.841. The summed E-state index contributed by atoms with van der Waals surface area (Å²) < 4.78 is 0. The molecule has 0 bridgehead atoms. The Balaban J connectivity index is 1.91. The molecule has 1 heterocycles. The maximum absolute atomic E-state index is 12.0. The minimum atomic E-state index is -0.914. The van der Waals surface area contributed by atoms with Crippen LogP contribution in [0.5, 0.6) is 0 Å². The summed E-state index contributed by atoms with van der Waals surface area (Å²) in [5.41, 5.74) is 2.41. The van der Waals surface area contributed by atoms with E-state index in [0.29, 0.717) is 25.2 Å². The zero-order chi connectivity index (χ0) is 15.4. The molecule has 0 saturated heterocycles. The van der Waals surface area contributed by atoms with Crippen molar-refractivity contribution in [2.75, 3.05) is 6.54 Å². The van der Waals surface area contributed by atoms with E-state index in [4.69, 9.17) is 5.11 Å². The Morgan fingerprint density at radius 2 is 2.05 bits per heavy atom. The first-order chi connectivity index (χ1) is 9.99. The zero-order valence-electron chi connectivity index (χ0n) is 12.6. The number of benzene rings is 1. The first-order valence-electron chi connectivity index (χ1n) is 7.36. The molecule has 5 heteroatoms. The summed E-state index contributed by atoms with van der Waals surface area (Å²) in [7, 11) is 0. The summed E-state index contributed by atoms with van der Waals surface area (Å²) in [5.74, 6) is -0.885. The lowest BCUT2D eigenvalue weighted by atomic mass is 10.1. The molecule has 5 nitrogen and oxygen atoms in total. The standard InChI is InChI=1S/C16H22N2O3/c1-3-4-11(2)17-15(19)10-18-8-13-6-5-12(16(20)21)7-14(13)9-18/h5-7,11H,3-4,8-10H2,1-2H3,(H,17,19)(H,20,21). The topological polar surface area (TPSA) is 69.6 Å². The second kappa shape index (κ2) is 6.72. The van der Waals surface area contributed by atoms with Crippen molar-refractivity contribution >= 4 is 11.9 Å². The highest BCUT2D eigenvalue weighted by Crippen LogP contribution is 2.23. The number of aromatic carboxylic acids is 1. The van der Waals surface area contributed by atoms with Gasteiger partial charge in [0.1, 0.15) is 0 Å². The third kappa shape index (κ3) is 4.04. The fraction of sp³-hybridized carbons (Fsp3) is 0.500. The molecule has 1 aromatic rings. The fourth-order valence-electron chi connectivity index (χ4n) is 2.74. The summed E-state index contributed by atoms with van der Waals surface area (Å²) in [5, 5.41) is 12.0. The Morgan fingerprint density at radius 3 is 2.71 bits per heavy atom. The van der Waals surface area contributed by atoms with Crippen molar-refractivity contribution in [3.05, 3.63) is 34.9 Å². The lowest BCUT2D eigenvalue weighted by Crippen LogP contribution is -2.39. The predicted molar refractivity (Wildman–Crippen MR) is 80.0 cm³/mol. The van der Waals surface area contributed by atoms with Crippen LogP contribution in [0.4, 0.5) is 0 Å². The van der Waals surface area contributed by atoms with E-state index < -0.39 is 5.97 Å². The molecule has 1 unspecified atom stereocenters. The van der Waals surface area contributed by atoms with Crippen LogP contribution < -0.4 is 5.32 Å². The van der Waals surface area contributed by atoms with Crippen molar-refractivity contribution in [3.63, 3.8) is 0 Å². The number of carboxylic acid groups (broad SMARTS) is 1. The lowest BCUT2D eigenvalue weighted by molar-refractivity contribution is -0.123. The van der Waals surface area contributed by atoms with Crippen molar-refractivity contribution in [1.29, 1.82) is 0 Å². The average Bonchev–Trinajstić information content (AvgIpc) is 2.79. The molecule has 21 heavy (non-hydrogen) atoms. The molecule has 2 rings (SSSR count). The van der Waals surface area contributed by atoms with Crippen molar-refractivity contribution < 1.29 is 14.7 Å². The van der Waals surface area contributed by atoms with Crippen LogP contribution in [0.3, 0.4) is 0 Å². The number of hydrogen-bond donors (Lipinski definition) is 2. The van der Waals surface area contributed by atoms with Crippen molar-refractivity contribution in [1.82, 2.24) is 10.2 Å². The second-order valence-electron chi connectivity index (χ2n) is 5.69. The second-order valence-corrected chi connectivity index (χ2v) is 5.69. The van der Waals surface area contributed by atoms with Gasteiger partial charge in [-0.3, -0.25) is 9.69 Å². The van der Waals surface area contributed by atoms with Gasteiger partial charge in [-0.25, -0.2) is 4.79 Å². The molecule has 2 N–H and O–H groups in total. The minimum Gasteiger partial charge on any atom is -0.478 e. The maximum atomic E-state index is 12.0. The van der Waals surface area contributed by atoms with E-state index in [1.165, 1.54) is 0 Å². The molecule has 0 radical (unpaired) electrons. The summed E-state index contributed by atoms with van der Waals surface area (Å²) >= 11 is 0. The van der Waals surface area contributed by atoms with Gasteiger partial charge in [0.25, 0.3) is 0 Å². The van der Waals surface area contributed by atoms with E-state index in [2.05, 4.69) is 12.2 Å². The maximum Gasteiger partial charge on any atom is 0.335 e. The summed E-state index contributed by atoms with van der Waals surface area (Å²) in [4.78, 5) is 25.0. The van der Waals surface area contributed by atoms with Crippen LogP contribution in [0.2, 0.25) is 0 Å². The van der Waals surface area contributed by atoms with E-state index in [-0.39, 0.29) is 11.9 Å². The third-order valence-corrected chi connectivity index (χ3v) is 3.74. The highest BCUT2D eigenvalue weighted by atomic mass is 16.4. The van der Waals surface area contributed by atoms with Crippen LogP contribution in [0.1, 0.15) is 48.2 Å². The monoisotopic (exact) mass is 290 g/mol. The fourth-order valence-corrected chi connectivity index (χ4v) is 2.74. The molecule has 0 spiro atoms. The Hall–Kier alpha value is -1.88. The molecule has 1 aliphatic heterocycles. The van der Waals surface area contributed by atoms with Crippen molar-refractivity contribution in [3.8, 4) is 0 Å². The molecule has 0 saturated carbocycles. The average molecular weight is 290 g/mol. The van der Waals surface area contributed by atoms with Gasteiger partial charge in [-0.2, -0.15) is 0 Å². The van der Waals surface area contributed by atoms with Gasteiger partial charge < -0.3 is 10.4 Å². The van der Waals surface area contributed by atoms with Gasteiger partial charge >= 0.3 is 5.97 Å². The third-order valence-electron chi connectivity index (χ3n) is 3.74. The number of carboxylic acids is 1. The molecule has 0 aliphatic carbocycles. The zero-order valence-corrected chi connectivity index (χ0v) is 12.6. The molecule has 0 fully saturated rings. The number of nitrogens with zero attached hydrogens (tertiary/aromatic N) is 1. The van der Waals surface area contributed by atoms with Crippen LogP contribution in [0.25, 0.3) is 0 Å². The molecule has 114 valence electrons. The SMILES string of the molecule is CCCC(C)NC(=O)CN1Cc2ccc(C(=O)O)cc2C1. The first kappa shape index (κ1) is 15.5. The van der Waals surface area contributed by atoms with E-state index in [9.17, 15) is 9.59 Å². The Labute approximate surface area is 125 Å². The van der Waals surface area contributed by atoms with E-state index >= 15 is 0 Å². The van der Waals surface area contributed by atoms with E-state index in [1.807, 2.05) is 17.9 Å². The largest absolute Gasteiger partial charge is 0.478 e. The number of carbonyl (C=O) groups excluding carboxylic acids is 1. The molecule has 0 aromatic heterocycles. The highest BCUT2D eigenvalue weighted by molar-refractivity contribution is 5.88. The lowest BCUT2D eigenvalue weighted by Gasteiger charge is -2.17. The number of carbonyl (C=O) groups is 2. The smallest absolute Gasteiger partial charge is 0.335 e. The molecule has 1 aliphatic rings. The van der Waals surface area contributed by atoms with Crippen LogP contribution >= 0.6 is 0 Å². The summed E-state index contributed by atoms with van der Waals surface area (Å²) in [6.45, 7) is 5.79. The Kier molecular flexibility index (Phi) is 4.96. The Bertz CT molecular complexity index is 542. The van der Waals surface area contributed by atoms with Crippen LogP contribution in [0.15, 0.2) is 18.2 Å². The van der Waals surface area contributed by atoms with Crippen LogP contribution in [-0.4, -0.2) is 34.5 Å². The van der Waals surface area contributed by atoms with E-state index in [0.717, 1.165) is 24.0 Å². The van der Waals surface area contributed by atoms with Crippen LogP contribution in [-0.2, 0) is 17.9 Å². The number of rotatable bonds is 6. The van der Waals surface area contributed by atoms with Crippen molar-refractivity contribution in [2.24, 2.45) is 0 Å². The van der Waals surface area contributed by atoms with Gasteiger partial charge in [0.15, 0.2) is 0 Å². The normalized spacial score (nSPS) is 15.5. The summed E-state index contributed by atoms with van der Waals surface area (Å²) in [6.07, 6.45) is 2.03. The highest BCUT2D eigenvalue weighted by Gasteiger charge is 2.22. The van der Waals surface area contributed by atoms with E-state index in [1.54, 1.807) is 12.1 Å². The van der Waals surface area contributed by atoms with Gasteiger partial charge in [0.2, 0.25) is 5.91 Å². The van der Waals surface area contributed by atoms with Gasteiger partial charge in [-0.15, -0.1) is 0 Å². The Morgan fingerprint density at radius 1 is 1.33 bits per heavy atom. The molecular weight excluding hydrogens is 268 g/mol. The number of amides is 1. The number of hydrogen-bond acceptors (Lipinski definition) is 3. The van der Waals surface area contributed by atoms with Gasteiger partial charge in [-0.1, -0.05) is 19.4 Å². The minimum absolute atomic E-state index is 0.0298. The molecule has 1 atom stereocenters. The van der Waals surface area contributed by atoms with Gasteiger partial charge in [0, 0.05) is 19.1 Å². The first-order valence-corrected chi connectivity index (χ1v) is 7.36. The van der Waals surface area contributed by atoms with Gasteiger partial charge in [-0.05, 0) is 36.6 Å². The summed E-state index contributed by atoms with van der Waals surface area (Å²) in [6, 6.07) is 5.37. The van der Waals surface area contributed by atoms with Gasteiger partial charge in [0.05, 0.1) is 12.1 Å². The predicted octanol–water partition coefficient (Wildman–Crippen LogP) is 2.01.